The van der Waals surface area contributed by atoms with Gasteiger partial charge in [0.2, 0.25) is 11.8 Å². The van der Waals surface area contributed by atoms with Crippen molar-refractivity contribution in [2.24, 2.45) is 5.73 Å². The van der Waals surface area contributed by atoms with Gasteiger partial charge in [0.1, 0.15) is 12.6 Å². The Morgan fingerprint density at radius 1 is 1.16 bits per heavy atom. The highest BCUT2D eigenvalue weighted by Gasteiger charge is 2.41. The second-order valence-electron chi connectivity index (χ2n) is 7.60. The number of carbonyl (C=O) groups is 3. The number of likely N-dealkylation sites (tertiary alicyclic amines) is 1. The van der Waals surface area contributed by atoms with E-state index in [2.05, 4.69) is 12.6 Å². The number of amides is 3. The summed E-state index contributed by atoms with van der Waals surface area (Å²) in [4.78, 5) is 51.9. The van der Waals surface area contributed by atoms with Crippen LogP contribution in [-0.4, -0.2) is 88.1 Å². The van der Waals surface area contributed by atoms with Gasteiger partial charge in [0.15, 0.2) is 0 Å². The number of hydrogen-bond acceptors (Lipinski definition) is 8. The van der Waals surface area contributed by atoms with Gasteiger partial charge in [-0.25, -0.2) is 4.79 Å². The molecule has 3 rings (SSSR count). The second kappa shape index (κ2) is 9.96. The molecule has 0 aliphatic carbocycles. The first-order valence-corrected chi connectivity index (χ1v) is 10.4. The molecule has 11 nitrogen and oxygen atoms in total. The van der Waals surface area contributed by atoms with Crippen LogP contribution in [0.5, 0.6) is 0 Å². The van der Waals surface area contributed by atoms with E-state index in [1.807, 2.05) is 4.90 Å². The van der Waals surface area contributed by atoms with Crippen LogP contribution in [0.2, 0.25) is 0 Å². The Bertz CT molecular complexity index is 843. The van der Waals surface area contributed by atoms with E-state index in [9.17, 15) is 24.5 Å². The predicted octanol–water partition coefficient (Wildman–Crippen LogP) is 0.234. The first-order chi connectivity index (χ1) is 14.7. The molecule has 2 heterocycles. The van der Waals surface area contributed by atoms with Gasteiger partial charge in [0.05, 0.1) is 11.5 Å². The van der Waals surface area contributed by atoms with E-state index in [0.717, 1.165) is 0 Å². The number of nitro benzene ring substituents is 1. The third-order valence-corrected chi connectivity index (χ3v) is 5.75. The zero-order chi connectivity index (χ0) is 22.5. The Kier molecular flexibility index (Phi) is 7.33. The van der Waals surface area contributed by atoms with Gasteiger partial charge >= 0.3 is 6.09 Å². The Morgan fingerprint density at radius 2 is 1.81 bits per heavy atom. The first kappa shape index (κ1) is 22.8. The van der Waals surface area contributed by atoms with Crippen LogP contribution in [0.1, 0.15) is 12.0 Å². The lowest BCUT2D eigenvalue weighted by Gasteiger charge is -2.36. The van der Waals surface area contributed by atoms with Crippen molar-refractivity contribution < 1.29 is 24.0 Å². The van der Waals surface area contributed by atoms with E-state index in [-0.39, 0.29) is 30.0 Å². The highest BCUT2D eigenvalue weighted by Crippen LogP contribution is 2.25. The average molecular weight is 452 g/mol. The third-order valence-electron chi connectivity index (χ3n) is 5.37. The van der Waals surface area contributed by atoms with Gasteiger partial charge in [-0.15, -0.1) is 0 Å². The van der Waals surface area contributed by atoms with Crippen LogP contribution in [0.3, 0.4) is 0 Å². The van der Waals surface area contributed by atoms with Gasteiger partial charge in [0.25, 0.3) is 5.69 Å². The van der Waals surface area contributed by atoms with Gasteiger partial charge in [-0.05, 0) is 24.1 Å². The summed E-state index contributed by atoms with van der Waals surface area (Å²) in [5.41, 5.74) is 5.78. The van der Waals surface area contributed by atoms with Crippen molar-refractivity contribution >= 4 is 36.2 Å². The molecule has 2 saturated heterocycles. The molecule has 0 unspecified atom stereocenters. The maximum Gasteiger partial charge on any atom is 0.410 e. The number of nitrogens with two attached hydrogens (primary N) is 1. The molecular formula is C19H25N5O6S. The number of thiol groups is 1. The number of rotatable bonds is 6. The minimum Gasteiger partial charge on any atom is -0.445 e. The van der Waals surface area contributed by atoms with Gasteiger partial charge in [-0.2, -0.15) is 12.6 Å². The van der Waals surface area contributed by atoms with Gasteiger partial charge in [-0.1, -0.05) is 0 Å². The molecule has 0 spiro atoms. The van der Waals surface area contributed by atoms with E-state index in [0.29, 0.717) is 44.7 Å². The molecule has 2 aliphatic rings. The number of hydrogen-bond donors (Lipinski definition) is 2. The molecule has 12 heteroatoms. The summed E-state index contributed by atoms with van der Waals surface area (Å²) in [7, 11) is 0. The van der Waals surface area contributed by atoms with Crippen molar-refractivity contribution in [2.75, 3.05) is 39.3 Å². The monoisotopic (exact) mass is 451 g/mol. The highest BCUT2D eigenvalue weighted by atomic mass is 32.1. The van der Waals surface area contributed by atoms with Crippen LogP contribution >= 0.6 is 12.6 Å². The molecule has 2 atom stereocenters. The number of primary amides is 1. The van der Waals surface area contributed by atoms with Crippen molar-refractivity contribution in [3.05, 3.63) is 39.9 Å². The number of non-ortho nitro benzene ring substituents is 1. The summed E-state index contributed by atoms with van der Waals surface area (Å²) < 4.78 is 5.34. The minimum absolute atomic E-state index is 0.0471. The molecule has 2 aliphatic heterocycles. The fraction of sp³-hybridized carbons (Fsp3) is 0.526. The van der Waals surface area contributed by atoms with E-state index in [1.54, 1.807) is 4.90 Å². The lowest BCUT2D eigenvalue weighted by atomic mass is 10.1. The molecular weight excluding hydrogens is 426 g/mol. The summed E-state index contributed by atoms with van der Waals surface area (Å²) in [6, 6.07) is 5.06. The smallest absolute Gasteiger partial charge is 0.410 e. The number of benzene rings is 1. The lowest BCUT2D eigenvalue weighted by Crippen LogP contribution is -2.55. The van der Waals surface area contributed by atoms with Crippen LogP contribution in [0.25, 0.3) is 0 Å². The third kappa shape index (κ3) is 5.85. The molecule has 31 heavy (non-hydrogen) atoms. The molecule has 2 N–H and O–H groups in total. The highest BCUT2D eigenvalue weighted by molar-refractivity contribution is 7.81. The van der Waals surface area contributed by atoms with Crippen molar-refractivity contribution in [1.82, 2.24) is 14.7 Å². The lowest BCUT2D eigenvalue weighted by molar-refractivity contribution is -0.384. The number of ether oxygens (including phenoxy) is 1. The number of nitro groups is 1. The first-order valence-electron chi connectivity index (χ1n) is 9.89. The van der Waals surface area contributed by atoms with Crippen LogP contribution in [0.15, 0.2) is 24.3 Å². The maximum atomic E-state index is 13.0. The number of piperazine rings is 1. The summed E-state index contributed by atoms with van der Waals surface area (Å²) in [6.07, 6.45) is -0.198. The quantitative estimate of drug-likeness (QED) is 0.359. The fourth-order valence-corrected chi connectivity index (χ4v) is 4.12. The van der Waals surface area contributed by atoms with Crippen molar-refractivity contribution in [3.63, 3.8) is 0 Å². The van der Waals surface area contributed by atoms with Gasteiger partial charge in [0, 0.05) is 50.1 Å². The fourth-order valence-electron chi connectivity index (χ4n) is 3.75. The Hall–Kier alpha value is -2.86. The molecule has 0 bridgehead atoms. The second-order valence-corrected chi connectivity index (χ2v) is 8.33. The van der Waals surface area contributed by atoms with E-state index >= 15 is 0 Å². The summed E-state index contributed by atoms with van der Waals surface area (Å²) >= 11 is 4.44. The Morgan fingerprint density at radius 3 is 2.39 bits per heavy atom. The topological polar surface area (TPSA) is 139 Å². The molecule has 1 aromatic carbocycles. The zero-order valence-electron chi connectivity index (χ0n) is 16.9. The number of carbonyl (C=O) groups excluding carboxylic acids is 3. The van der Waals surface area contributed by atoms with E-state index < -0.39 is 23.0 Å². The van der Waals surface area contributed by atoms with Crippen LogP contribution in [0.4, 0.5) is 10.5 Å². The molecule has 3 amide bonds. The van der Waals surface area contributed by atoms with Crippen LogP contribution < -0.4 is 5.73 Å². The SMILES string of the molecule is NC(=O)CN1CCN(C(=O)[C@@H]2C[C@H](S)CN2C(=O)OCc2ccc([N+](=O)[O-])cc2)CC1. The van der Waals surface area contributed by atoms with Gasteiger partial charge < -0.3 is 15.4 Å². The van der Waals surface area contributed by atoms with Crippen molar-refractivity contribution in [1.29, 1.82) is 0 Å². The van der Waals surface area contributed by atoms with Crippen molar-refractivity contribution in [2.45, 2.75) is 24.3 Å². The summed E-state index contributed by atoms with van der Waals surface area (Å²) in [6.45, 7) is 2.37. The molecule has 0 saturated carbocycles. The van der Waals surface area contributed by atoms with Crippen LogP contribution in [-0.2, 0) is 20.9 Å². The normalized spacial score (nSPS) is 21.7. The summed E-state index contributed by atoms with van der Waals surface area (Å²) in [5.74, 6) is -0.571. The average Bonchev–Trinajstić information content (AvgIpc) is 3.13. The number of nitrogens with zero attached hydrogens (tertiary/aromatic N) is 4. The zero-order valence-corrected chi connectivity index (χ0v) is 17.8. The minimum atomic E-state index is -0.658. The summed E-state index contributed by atoms with van der Waals surface area (Å²) in [5, 5.41) is 10.6. The van der Waals surface area contributed by atoms with Crippen molar-refractivity contribution in [3.8, 4) is 0 Å². The largest absolute Gasteiger partial charge is 0.445 e. The van der Waals surface area contributed by atoms with Gasteiger partial charge in [-0.3, -0.25) is 29.5 Å². The standard InChI is InChI=1S/C19H25N5O6S/c20-17(25)11-21-5-7-22(8-6-21)18(26)16-9-15(31)10-23(16)19(27)30-12-13-1-3-14(4-2-13)24(28)29/h1-4,15-16,31H,5-12H2,(H2,20,25)/t15-,16-/m0/s1. The molecule has 168 valence electrons. The van der Waals surface area contributed by atoms with E-state index in [4.69, 9.17) is 10.5 Å². The molecule has 0 aromatic heterocycles. The predicted molar refractivity (Wildman–Crippen MR) is 113 cm³/mol. The molecule has 1 aromatic rings. The van der Waals surface area contributed by atoms with Crippen LogP contribution in [0, 0.1) is 10.1 Å². The van der Waals surface area contributed by atoms with E-state index in [1.165, 1.54) is 29.2 Å². The Balaban J connectivity index is 1.56. The Labute approximate surface area is 184 Å². The maximum absolute atomic E-state index is 13.0. The molecule has 2 fully saturated rings. The molecule has 0 radical (unpaired) electrons.